The van der Waals surface area contributed by atoms with Gasteiger partial charge in [0, 0.05) is 32.2 Å². The van der Waals surface area contributed by atoms with Crippen LogP contribution < -0.4 is 4.90 Å². The SMILES string of the molecule is CCOC(=O)c1ccccc1N1CCN(C2CCC2)CC1. The van der Waals surface area contributed by atoms with Gasteiger partial charge in [0.25, 0.3) is 0 Å². The Labute approximate surface area is 126 Å². The maximum Gasteiger partial charge on any atom is 0.340 e. The third kappa shape index (κ3) is 3.05. The number of esters is 1. The lowest BCUT2D eigenvalue weighted by Gasteiger charge is -2.43. The van der Waals surface area contributed by atoms with Crippen molar-refractivity contribution in [1.82, 2.24) is 4.90 Å². The van der Waals surface area contributed by atoms with Crippen LogP contribution in [0.3, 0.4) is 0 Å². The third-order valence-electron chi connectivity index (χ3n) is 4.65. The molecule has 21 heavy (non-hydrogen) atoms. The Morgan fingerprint density at radius 1 is 1.19 bits per heavy atom. The van der Waals surface area contributed by atoms with Crippen molar-refractivity contribution in [1.29, 1.82) is 0 Å². The number of carbonyl (C=O) groups is 1. The van der Waals surface area contributed by atoms with Gasteiger partial charge in [-0.05, 0) is 31.9 Å². The fourth-order valence-electron chi connectivity index (χ4n) is 3.21. The molecule has 1 aromatic carbocycles. The molecule has 4 heteroatoms. The van der Waals surface area contributed by atoms with E-state index in [4.69, 9.17) is 4.74 Å². The second kappa shape index (κ2) is 6.48. The number of para-hydroxylation sites is 1. The molecule has 0 radical (unpaired) electrons. The van der Waals surface area contributed by atoms with E-state index in [-0.39, 0.29) is 5.97 Å². The lowest BCUT2D eigenvalue weighted by Crippen LogP contribution is -2.52. The molecule has 3 rings (SSSR count). The molecule has 114 valence electrons. The molecule has 1 aliphatic heterocycles. The Kier molecular flexibility index (Phi) is 4.44. The first-order valence-electron chi connectivity index (χ1n) is 8.04. The summed E-state index contributed by atoms with van der Waals surface area (Å²) in [6.07, 6.45) is 4.11. The van der Waals surface area contributed by atoms with E-state index in [0.717, 1.165) is 37.9 Å². The molecule has 1 heterocycles. The molecule has 0 amide bonds. The number of benzene rings is 1. The molecule has 0 N–H and O–H groups in total. The Bertz CT molecular complexity index is 491. The van der Waals surface area contributed by atoms with Gasteiger partial charge in [-0.3, -0.25) is 4.90 Å². The topological polar surface area (TPSA) is 32.8 Å². The first kappa shape index (κ1) is 14.4. The maximum absolute atomic E-state index is 12.1. The van der Waals surface area contributed by atoms with E-state index < -0.39 is 0 Å². The van der Waals surface area contributed by atoms with Gasteiger partial charge in [0.1, 0.15) is 0 Å². The lowest BCUT2D eigenvalue weighted by atomic mass is 9.91. The fraction of sp³-hybridized carbons (Fsp3) is 0.588. The van der Waals surface area contributed by atoms with Crippen molar-refractivity contribution >= 4 is 11.7 Å². The molecule has 0 bridgehead atoms. The molecule has 1 saturated heterocycles. The summed E-state index contributed by atoms with van der Waals surface area (Å²) in [5, 5.41) is 0. The standard InChI is InChI=1S/C17H24N2O2/c1-2-21-17(20)15-8-3-4-9-16(15)19-12-10-18(11-13-19)14-6-5-7-14/h3-4,8-9,14H,2,5-7,10-13H2,1H3. The van der Waals surface area contributed by atoms with Gasteiger partial charge >= 0.3 is 5.97 Å². The zero-order chi connectivity index (χ0) is 14.7. The summed E-state index contributed by atoms with van der Waals surface area (Å²) < 4.78 is 5.17. The van der Waals surface area contributed by atoms with Gasteiger partial charge in [-0.15, -0.1) is 0 Å². The number of rotatable bonds is 4. The molecule has 2 aliphatic rings. The van der Waals surface area contributed by atoms with Gasteiger partial charge in [-0.2, -0.15) is 0 Å². The van der Waals surface area contributed by atoms with Crippen LogP contribution in [0.15, 0.2) is 24.3 Å². The van der Waals surface area contributed by atoms with Crippen molar-refractivity contribution in [3.63, 3.8) is 0 Å². The minimum absolute atomic E-state index is 0.213. The number of hydrogen-bond acceptors (Lipinski definition) is 4. The third-order valence-corrected chi connectivity index (χ3v) is 4.65. The normalized spacial score (nSPS) is 20.1. The van der Waals surface area contributed by atoms with Crippen LogP contribution in [0.5, 0.6) is 0 Å². The Morgan fingerprint density at radius 2 is 1.90 bits per heavy atom. The van der Waals surface area contributed by atoms with E-state index in [2.05, 4.69) is 9.80 Å². The van der Waals surface area contributed by atoms with Gasteiger partial charge in [0.15, 0.2) is 0 Å². The quantitative estimate of drug-likeness (QED) is 0.797. The van der Waals surface area contributed by atoms with Crippen LogP contribution in [0.4, 0.5) is 5.69 Å². The highest BCUT2D eigenvalue weighted by molar-refractivity contribution is 5.95. The van der Waals surface area contributed by atoms with Crippen molar-refractivity contribution in [3.8, 4) is 0 Å². The fourth-order valence-corrected chi connectivity index (χ4v) is 3.21. The average Bonchev–Trinajstić information content (AvgIpc) is 2.47. The number of hydrogen-bond donors (Lipinski definition) is 0. The van der Waals surface area contributed by atoms with Crippen LogP contribution in [0.25, 0.3) is 0 Å². The van der Waals surface area contributed by atoms with Crippen molar-refractivity contribution in [2.45, 2.75) is 32.2 Å². The van der Waals surface area contributed by atoms with E-state index in [0.29, 0.717) is 12.2 Å². The first-order chi connectivity index (χ1) is 10.3. The van der Waals surface area contributed by atoms with Crippen molar-refractivity contribution in [2.24, 2.45) is 0 Å². The van der Waals surface area contributed by atoms with Crippen LogP contribution in [-0.4, -0.2) is 49.7 Å². The zero-order valence-electron chi connectivity index (χ0n) is 12.8. The van der Waals surface area contributed by atoms with Crippen molar-refractivity contribution < 1.29 is 9.53 Å². The predicted molar refractivity (Wildman–Crippen MR) is 83.8 cm³/mol. The molecule has 0 unspecified atom stereocenters. The summed E-state index contributed by atoms with van der Waals surface area (Å²) >= 11 is 0. The van der Waals surface area contributed by atoms with Gasteiger partial charge in [0.2, 0.25) is 0 Å². The molecule has 1 aromatic rings. The molecule has 0 spiro atoms. The van der Waals surface area contributed by atoms with Crippen LogP contribution in [0, 0.1) is 0 Å². The summed E-state index contributed by atoms with van der Waals surface area (Å²) in [5.74, 6) is -0.213. The molecule has 4 nitrogen and oxygen atoms in total. The Balaban J connectivity index is 1.68. The van der Waals surface area contributed by atoms with Crippen LogP contribution in [-0.2, 0) is 4.74 Å². The number of piperazine rings is 1. The van der Waals surface area contributed by atoms with E-state index in [1.165, 1.54) is 19.3 Å². The molecule has 1 aliphatic carbocycles. The van der Waals surface area contributed by atoms with E-state index in [1.807, 2.05) is 31.2 Å². The summed E-state index contributed by atoms with van der Waals surface area (Å²) in [4.78, 5) is 17.0. The first-order valence-corrected chi connectivity index (χ1v) is 8.04. The predicted octanol–water partition coefficient (Wildman–Crippen LogP) is 2.54. The summed E-state index contributed by atoms with van der Waals surface area (Å²) in [6, 6.07) is 8.61. The van der Waals surface area contributed by atoms with Crippen molar-refractivity contribution in [2.75, 3.05) is 37.7 Å². The van der Waals surface area contributed by atoms with Gasteiger partial charge in [-0.1, -0.05) is 18.6 Å². The summed E-state index contributed by atoms with van der Waals surface area (Å²) in [6.45, 7) is 6.45. The lowest BCUT2D eigenvalue weighted by molar-refractivity contribution is 0.0526. The smallest absolute Gasteiger partial charge is 0.340 e. The molecule has 0 atom stereocenters. The van der Waals surface area contributed by atoms with Crippen molar-refractivity contribution in [3.05, 3.63) is 29.8 Å². The average molecular weight is 288 g/mol. The Morgan fingerprint density at radius 3 is 2.52 bits per heavy atom. The highest BCUT2D eigenvalue weighted by Gasteiger charge is 2.29. The summed E-state index contributed by atoms with van der Waals surface area (Å²) in [7, 11) is 0. The largest absolute Gasteiger partial charge is 0.462 e. The minimum Gasteiger partial charge on any atom is -0.462 e. The second-order valence-corrected chi connectivity index (χ2v) is 5.85. The van der Waals surface area contributed by atoms with Crippen LogP contribution in [0.1, 0.15) is 36.5 Å². The molecule has 0 aromatic heterocycles. The van der Waals surface area contributed by atoms with Crippen LogP contribution in [0.2, 0.25) is 0 Å². The molecule has 2 fully saturated rings. The Hall–Kier alpha value is -1.55. The minimum atomic E-state index is -0.213. The van der Waals surface area contributed by atoms with Gasteiger partial charge < -0.3 is 9.64 Å². The highest BCUT2D eigenvalue weighted by atomic mass is 16.5. The number of ether oxygens (including phenoxy) is 1. The van der Waals surface area contributed by atoms with Crippen LogP contribution >= 0.6 is 0 Å². The monoisotopic (exact) mass is 288 g/mol. The number of anilines is 1. The van der Waals surface area contributed by atoms with E-state index in [9.17, 15) is 4.79 Å². The summed E-state index contributed by atoms with van der Waals surface area (Å²) in [5.41, 5.74) is 1.71. The van der Waals surface area contributed by atoms with E-state index in [1.54, 1.807) is 0 Å². The second-order valence-electron chi connectivity index (χ2n) is 5.85. The number of carbonyl (C=O) groups excluding carboxylic acids is 1. The molecular formula is C17H24N2O2. The molecule has 1 saturated carbocycles. The van der Waals surface area contributed by atoms with Gasteiger partial charge in [0.05, 0.1) is 17.9 Å². The molecular weight excluding hydrogens is 264 g/mol. The van der Waals surface area contributed by atoms with Gasteiger partial charge in [-0.25, -0.2) is 4.79 Å². The van der Waals surface area contributed by atoms with E-state index >= 15 is 0 Å². The highest BCUT2D eigenvalue weighted by Crippen LogP contribution is 2.28. The zero-order valence-corrected chi connectivity index (χ0v) is 12.8. The maximum atomic E-state index is 12.1. The number of nitrogens with zero attached hydrogens (tertiary/aromatic N) is 2.